The normalized spacial score (nSPS) is 15.8. The lowest BCUT2D eigenvalue weighted by atomic mass is 10.1. The zero-order valence-corrected chi connectivity index (χ0v) is 11.2. The van der Waals surface area contributed by atoms with E-state index in [9.17, 15) is 0 Å². The van der Waals surface area contributed by atoms with Gasteiger partial charge in [0.1, 0.15) is 12.4 Å². The Balaban J connectivity index is 1.68. The minimum Gasteiger partial charge on any atom is -0.491 e. The quantitative estimate of drug-likeness (QED) is 0.705. The monoisotopic (exact) mass is 246 g/mol. The van der Waals surface area contributed by atoms with E-state index in [1.165, 1.54) is 25.7 Å². The summed E-state index contributed by atoms with van der Waals surface area (Å²) >= 11 is 0. The first-order chi connectivity index (χ1) is 8.75. The lowest BCUT2D eigenvalue weighted by Crippen LogP contribution is -2.13. The summed E-state index contributed by atoms with van der Waals surface area (Å²) in [6, 6.07) is 8.05. The molecule has 0 bridgehead atoms. The van der Waals surface area contributed by atoms with Crippen molar-refractivity contribution >= 4 is 5.57 Å². The molecule has 18 heavy (non-hydrogen) atoms. The molecule has 0 aromatic heterocycles. The van der Waals surface area contributed by atoms with Gasteiger partial charge in [-0.2, -0.15) is 0 Å². The van der Waals surface area contributed by atoms with Crippen LogP contribution in [0.15, 0.2) is 30.8 Å². The van der Waals surface area contributed by atoms with E-state index in [1.807, 2.05) is 31.2 Å². The third-order valence-electron chi connectivity index (χ3n) is 3.35. The van der Waals surface area contributed by atoms with Crippen LogP contribution in [0, 0.1) is 0 Å². The Bertz CT molecular complexity index is 375. The van der Waals surface area contributed by atoms with Gasteiger partial charge in [0, 0.05) is 0 Å². The highest BCUT2D eigenvalue weighted by atomic mass is 16.5. The predicted molar refractivity (Wildman–Crippen MR) is 74.9 cm³/mol. The fraction of sp³-hybridized carbons (Fsp3) is 0.500. The summed E-state index contributed by atoms with van der Waals surface area (Å²) in [6.45, 7) is 7.23. The Labute approximate surface area is 110 Å². The summed E-state index contributed by atoms with van der Waals surface area (Å²) in [5, 5.41) is 0. The second kappa shape index (κ2) is 6.60. The molecule has 0 heterocycles. The first-order valence-corrected chi connectivity index (χ1v) is 6.76. The second-order valence-corrected chi connectivity index (χ2v) is 4.93. The Morgan fingerprint density at radius 1 is 1.17 bits per heavy atom. The Hall–Kier alpha value is -1.28. The lowest BCUT2D eigenvalue weighted by molar-refractivity contribution is 0.0382. The largest absolute Gasteiger partial charge is 0.491 e. The first-order valence-electron chi connectivity index (χ1n) is 6.76. The predicted octanol–water partition coefficient (Wildman–Crippen LogP) is 4.06. The van der Waals surface area contributed by atoms with E-state index in [2.05, 4.69) is 6.58 Å². The molecule has 0 aliphatic heterocycles. The van der Waals surface area contributed by atoms with Crippen molar-refractivity contribution in [2.75, 3.05) is 13.2 Å². The van der Waals surface area contributed by atoms with Crippen LogP contribution in [0.1, 0.15) is 38.2 Å². The summed E-state index contributed by atoms with van der Waals surface area (Å²) in [6.07, 6.45) is 5.53. The van der Waals surface area contributed by atoms with Crippen LogP contribution in [0.25, 0.3) is 5.57 Å². The van der Waals surface area contributed by atoms with Gasteiger partial charge in [0.2, 0.25) is 0 Å². The van der Waals surface area contributed by atoms with Gasteiger partial charge in [-0.05, 0) is 37.5 Å². The molecular formula is C16H22O2. The highest BCUT2D eigenvalue weighted by Crippen LogP contribution is 2.21. The topological polar surface area (TPSA) is 18.5 Å². The number of ether oxygens (including phenoxy) is 2. The van der Waals surface area contributed by atoms with Crippen LogP contribution in [0.5, 0.6) is 5.75 Å². The molecule has 1 aromatic carbocycles. The van der Waals surface area contributed by atoms with Crippen molar-refractivity contribution < 1.29 is 9.47 Å². The van der Waals surface area contributed by atoms with Crippen LogP contribution < -0.4 is 4.74 Å². The van der Waals surface area contributed by atoms with Gasteiger partial charge in [-0.1, -0.05) is 37.1 Å². The van der Waals surface area contributed by atoms with Gasteiger partial charge >= 0.3 is 0 Å². The van der Waals surface area contributed by atoms with E-state index in [4.69, 9.17) is 9.47 Å². The minimum atomic E-state index is 0.472. The third-order valence-corrected chi connectivity index (χ3v) is 3.35. The molecule has 0 saturated heterocycles. The highest BCUT2D eigenvalue weighted by Gasteiger charge is 2.14. The van der Waals surface area contributed by atoms with Crippen molar-refractivity contribution in [2.45, 2.75) is 38.7 Å². The number of benzene rings is 1. The molecule has 2 rings (SSSR count). The van der Waals surface area contributed by atoms with Crippen LogP contribution in [0.2, 0.25) is 0 Å². The molecule has 1 aliphatic carbocycles. The molecule has 2 nitrogen and oxygen atoms in total. The lowest BCUT2D eigenvalue weighted by Gasteiger charge is -2.12. The van der Waals surface area contributed by atoms with Crippen molar-refractivity contribution in [2.24, 2.45) is 0 Å². The molecule has 1 aromatic rings. The van der Waals surface area contributed by atoms with Gasteiger partial charge in [-0.25, -0.2) is 0 Å². The molecule has 1 fully saturated rings. The molecule has 98 valence electrons. The smallest absolute Gasteiger partial charge is 0.119 e. The fourth-order valence-corrected chi connectivity index (χ4v) is 2.26. The molecule has 0 spiro atoms. The van der Waals surface area contributed by atoms with Crippen LogP contribution in [0.3, 0.4) is 0 Å². The molecule has 1 aliphatic rings. The van der Waals surface area contributed by atoms with Gasteiger partial charge in [0.05, 0.1) is 12.7 Å². The summed E-state index contributed by atoms with van der Waals surface area (Å²) in [4.78, 5) is 0. The maximum Gasteiger partial charge on any atom is 0.119 e. The molecule has 0 N–H and O–H groups in total. The second-order valence-electron chi connectivity index (χ2n) is 4.93. The van der Waals surface area contributed by atoms with Crippen LogP contribution in [0.4, 0.5) is 0 Å². The van der Waals surface area contributed by atoms with Crippen molar-refractivity contribution in [3.63, 3.8) is 0 Å². The number of allylic oxidation sites excluding steroid dienone is 1. The molecule has 0 radical (unpaired) electrons. The van der Waals surface area contributed by atoms with Crippen molar-refractivity contribution in [3.05, 3.63) is 36.4 Å². The van der Waals surface area contributed by atoms with Crippen LogP contribution in [-0.4, -0.2) is 19.3 Å². The number of rotatable bonds is 6. The van der Waals surface area contributed by atoms with Gasteiger partial charge in [0.15, 0.2) is 0 Å². The maximum absolute atomic E-state index is 5.75. The summed E-state index contributed by atoms with van der Waals surface area (Å²) in [7, 11) is 0. The SMILES string of the molecule is C=C(C)c1ccc(OCCOC2CCCC2)cc1. The third kappa shape index (κ3) is 3.88. The zero-order chi connectivity index (χ0) is 12.8. The molecule has 2 heteroatoms. The van der Waals surface area contributed by atoms with E-state index in [-0.39, 0.29) is 0 Å². The molecule has 0 atom stereocenters. The molecule has 1 saturated carbocycles. The average molecular weight is 246 g/mol. The minimum absolute atomic E-state index is 0.472. The standard InChI is InChI=1S/C16H22O2/c1-13(2)14-7-9-16(10-8-14)18-12-11-17-15-5-3-4-6-15/h7-10,15H,1,3-6,11-12H2,2H3. The first kappa shape index (κ1) is 13.2. The van der Waals surface area contributed by atoms with Gasteiger partial charge < -0.3 is 9.47 Å². The van der Waals surface area contributed by atoms with Gasteiger partial charge in [-0.15, -0.1) is 0 Å². The van der Waals surface area contributed by atoms with Crippen molar-refractivity contribution in [3.8, 4) is 5.75 Å². The Morgan fingerprint density at radius 2 is 1.83 bits per heavy atom. The van der Waals surface area contributed by atoms with E-state index in [1.54, 1.807) is 0 Å². The van der Waals surface area contributed by atoms with E-state index >= 15 is 0 Å². The maximum atomic E-state index is 5.75. The summed E-state index contributed by atoms with van der Waals surface area (Å²) in [5.41, 5.74) is 2.23. The fourth-order valence-electron chi connectivity index (χ4n) is 2.26. The van der Waals surface area contributed by atoms with Gasteiger partial charge in [0.25, 0.3) is 0 Å². The Morgan fingerprint density at radius 3 is 2.44 bits per heavy atom. The number of hydrogen-bond donors (Lipinski definition) is 0. The average Bonchev–Trinajstić information content (AvgIpc) is 2.88. The van der Waals surface area contributed by atoms with Crippen LogP contribution >= 0.6 is 0 Å². The molecule has 0 amide bonds. The summed E-state index contributed by atoms with van der Waals surface area (Å²) in [5.74, 6) is 0.898. The number of hydrogen-bond acceptors (Lipinski definition) is 2. The van der Waals surface area contributed by atoms with Gasteiger partial charge in [-0.3, -0.25) is 0 Å². The van der Waals surface area contributed by atoms with E-state index in [0.29, 0.717) is 19.3 Å². The zero-order valence-electron chi connectivity index (χ0n) is 11.2. The summed E-state index contributed by atoms with van der Waals surface area (Å²) < 4.78 is 11.4. The Kier molecular flexibility index (Phi) is 4.82. The van der Waals surface area contributed by atoms with E-state index in [0.717, 1.165) is 16.9 Å². The van der Waals surface area contributed by atoms with Crippen molar-refractivity contribution in [1.29, 1.82) is 0 Å². The molecular weight excluding hydrogens is 224 g/mol. The highest BCUT2D eigenvalue weighted by molar-refractivity contribution is 5.61. The van der Waals surface area contributed by atoms with Crippen LogP contribution in [-0.2, 0) is 4.74 Å². The van der Waals surface area contributed by atoms with E-state index < -0.39 is 0 Å². The van der Waals surface area contributed by atoms with Crippen molar-refractivity contribution in [1.82, 2.24) is 0 Å². The molecule has 0 unspecified atom stereocenters.